The van der Waals surface area contributed by atoms with E-state index in [0.717, 1.165) is 43.3 Å². The van der Waals surface area contributed by atoms with E-state index in [2.05, 4.69) is 36.6 Å². The Bertz CT molecular complexity index is 1910. The van der Waals surface area contributed by atoms with Crippen LogP contribution in [0.3, 0.4) is 0 Å². The van der Waals surface area contributed by atoms with E-state index in [-0.39, 0.29) is 17.2 Å². The quantitative estimate of drug-likeness (QED) is 0.171. The largest absolute Gasteiger partial charge is 0.497 e. The van der Waals surface area contributed by atoms with Crippen LogP contribution in [0.5, 0.6) is 17.2 Å². The first-order valence-corrected chi connectivity index (χ1v) is 18.5. The van der Waals surface area contributed by atoms with Crippen LogP contribution >= 0.6 is 31.9 Å². The number of anilines is 1. The summed E-state index contributed by atoms with van der Waals surface area (Å²) in [6.07, 6.45) is 0.372. The Labute approximate surface area is 303 Å². The average Bonchev–Trinajstić information content (AvgIpc) is 3.03. The van der Waals surface area contributed by atoms with Crippen LogP contribution in [0.2, 0.25) is 0 Å². The Hall–Kier alpha value is -3.81. The molecule has 0 saturated carbocycles. The standard InChI is InChI=1S/C36H37Br2FN2O7S/c1-36(2,3)48-35(42)41-15-14-24-19-33(47-21-22-6-10-26(45-4)11-7-22)31(40-49(43,44)27-12-8-25(39)9-13-27)20-28(24)32(41)18-23-16-29(37)34(46-5)30(38)17-23/h6-13,16-17,19-20,32,40H,14-15,18,21H2,1-5H3. The van der Waals surface area contributed by atoms with E-state index in [0.29, 0.717) is 36.6 Å². The van der Waals surface area contributed by atoms with E-state index >= 15 is 0 Å². The van der Waals surface area contributed by atoms with Crippen LogP contribution in [-0.2, 0) is 34.2 Å². The molecule has 0 radical (unpaired) electrons. The van der Waals surface area contributed by atoms with Crippen molar-refractivity contribution in [3.05, 3.63) is 110 Å². The van der Waals surface area contributed by atoms with Crippen LogP contribution in [0.15, 0.2) is 86.6 Å². The second kappa shape index (κ2) is 15.0. The van der Waals surface area contributed by atoms with Crippen molar-refractivity contribution in [3.63, 3.8) is 0 Å². The molecular weight excluding hydrogens is 783 g/mol. The molecule has 0 spiro atoms. The molecule has 1 aliphatic rings. The van der Waals surface area contributed by atoms with E-state index < -0.39 is 33.6 Å². The van der Waals surface area contributed by atoms with Crippen LogP contribution in [0.4, 0.5) is 14.9 Å². The lowest BCUT2D eigenvalue weighted by Gasteiger charge is -2.39. The number of nitrogens with zero attached hydrogens (tertiary/aromatic N) is 1. The first-order chi connectivity index (χ1) is 23.2. The van der Waals surface area contributed by atoms with Gasteiger partial charge in [0.05, 0.1) is 39.8 Å². The molecule has 49 heavy (non-hydrogen) atoms. The van der Waals surface area contributed by atoms with Crippen molar-refractivity contribution in [2.24, 2.45) is 0 Å². The molecule has 4 aromatic rings. The summed E-state index contributed by atoms with van der Waals surface area (Å²) < 4.78 is 67.8. The fraction of sp³-hybridized carbons (Fsp3) is 0.306. The molecule has 0 saturated heterocycles. The normalized spacial score (nSPS) is 14.5. The molecule has 5 rings (SSSR count). The first-order valence-electron chi connectivity index (χ1n) is 15.4. The lowest BCUT2D eigenvalue weighted by atomic mass is 9.88. The second-order valence-corrected chi connectivity index (χ2v) is 15.9. The topological polar surface area (TPSA) is 103 Å². The number of carbonyl (C=O) groups excluding carboxylic acids is 1. The Morgan fingerprint density at radius 2 is 1.59 bits per heavy atom. The van der Waals surface area contributed by atoms with Gasteiger partial charge in [0.15, 0.2) is 0 Å². The van der Waals surface area contributed by atoms with Gasteiger partial charge in [-0.3, -0.25) is 4.72 Å². The predicted octanol–water partition coefficient (Wildman–Crippen LogP) is 8.82. The number of nitrogens with one attached hydrogen (secondary N) is 1. The first kappa shape index (κ1) is 36.5. The number of rotatable bonds is 10. The summed E-state index contributed by atoms with van der Waals surface area (Å²) >= 11 is 7.16. The zero-order valence-electron chi connectivity index (χ0n) is 27.7. The van der Waals surface area contributed by atoms with Crippen LogP contribution in [0.1, 0.15) is 49.1 Å². The highest BCUT2D eigenvalue weighted by Crippen LogP contribution is 2.42. The van der Waals surface area contributed by atoms with Gasteiger partial charge in [-0.1, -0.05) is 12.1 Å². The summed E-state index contributed by atoms with van der Waals surface area (Å²) in [6.45, 7) is 5.94. The summed E-state index contributed by atoms with van der Waals surface area (Å²) in [7, 11) is -1.00. The van der Waals surface area contributed by atoms with E-state index in [9.17, 15) is 17.6 Å². The van der Waals surface area contributed by atoms with Crippen molar-refractivity contribution in [2.75, 3.05) is 25.5 Å². The van der Waals surface area contributed by atoms with E-state index in [1.54, 1.807) is 25.2 Å². The Balaban J connectivity index is 1.60. The molecule has 1 aliphatic heterocycles. The molecule has 1 unspecified atom stereocenters. The molecule has 4 aromatic carbocycles. The number of hydrogen-bond donors (Lipinski definition) is 1. The van der Waals surface area contributed by atoms with Crippen LogP contribution in [-0.4, -0.2) is 45.8 Å². The molecule has 9 nitrogen and oxygen atoms in total. The van der Waals surface area contributed by atoms with E-state index in [1.165, 1.54) is 12.1 Å². The number of benzene rings is 4. The molecule has 1 heterocycles. The SMILES string of the molecule is COc1ccc(COc2cc3c(cc2NS(=O)(=O)c2ccc(F)cc2)C(Cc2cc(Br)c(OC)c(Br)c2)N(C(=O)OC(C)(C)C)CC3)cc1. The monoisotopic (exact) mass is 818 g/mol. The Kier molecular flexibility index (Phi) is 11.1. The van der Waals surface area contributed by atoms with Gasteiger partial charge in [-0.05, 0) is 148 Å². The Morgan fingerprint density at radius 3 is 2.18 bits per heavy atom. The van der Waals surface area contributed by atoms with Crippen molar-refractivity contribution in [2.45, 2.75) is 56.8 Å². The van der Waals surface area contributed by atoms with Gasteiger partial charge >= 0.3 is 6.09 Å². The molecule has 260 valence electrons. The number of sulfonamides is 1. The maximum atomic E-state index is 13.7. The van der Waals surface area contributed by atoms with Crippen molar-refractivity contribution >= 4 is 53.7 Å². The number of amides is 1. The number of ether oxygens (including phenoxy) is 4. The van der Waals surface area contributed by atoms with Crippen LogP contribution < -0.4 is 18.9 Å². The van der Waals surface area contributed by atoms with Gasteiger partial charge in [0.1, 0.15) is 35.3 Å². The fourth-order valence-corrected chi connectivity index (χ4v) is 8.20. The van der Waals surface area contributed by atoms with Gasteiger partial charge < -0.3 is 23.8 Å². The summed E-state index contributed by atoms with van der Waals surface area (Å²) in [4.78, 5) is 15.2. The third-order valence-corrected chi connectivity index (χ3v) is 10.4. The molecule has 1 N–H and O–H groups in total. The van der Waals surface area contributed by atoms with Gasteiger partial charge in [-0.15, -0.1) is 0 Å². The highest BCUT2D eigenvalue weighted by atomic mass is 79.9. The highest BCUT2D eigenvalue weighted by Gasteiger charge is 2.35. The zero-order valence-corrected chi connectivity index (χ0v) is 31.7. The van der Waals surface area contributed by atoms with Crippen molar-refractivity contribution in [1.29, 1.82) is 0 Å². The molecule has 1 amide bonds. The van der Waals surface area contributed by atoms with Crippen LogP contribution in [0, 0.1) is 5.82 Å². The third-order valence-electron chi connectivity index (χ3n) is 7.84. The summed E-state index contributed by atoms with van der Waals surface area (Å²) in [5.41, 5.74) is 2.79. The third kappa shape index (κ3) is 8.87. The average molecular weight is 821 g/mol. The number of carbonyl (C=O) groups is 1. The second-order valence-electron chi connectivity index (χ2n) is 12.5. The van der Waals surface area contributed by atoms with E-state index in [1.807, 2.05) is 63.2 Å². The number of halogens is 3. The summed E-state index contributed by atoms with van der Waals surface area (Å²) in [6, 6.07) is 18.8. The maximum Gasteiger partial charge on any atom is 0.410 e. The number of hydrogen-bond acceptors (Lipinski definition) is 7. The molecule has 0 fully saturated rings. The van der Waals surface area contributed by atoms with Gasteiger partial charge in [-0.2, -0.15) is 0 Å². The van der Waals surface area contributed by atoms with Crippen molar-refractivity contribution in [3.8, 4) is 17.2 Å². The van der Waals surface area contributed by atoms with Gasteiger partial charge in [0.2, 0.25) is 0 Å². The zero-order chi connectivity index (χ0) is 35.5. The summed E-state index contributed by atoms with van der Waals surface area (Å²) in [5.74, 6) is 1.08. The molecule has 0 aromatic heterocycles. The molecule has 0 bridgehead atoms. The minimum absolute atomic E-state index is 0.118. The minimum atomic E-state index is -4.16. The van der Waals surface area contributed by atoms with Crippen LogP contribution in [0.25, 0.3) is 0 Å². The lowest BCUT2D eigenvalue weighted by Crippen LogP contribution is -2.43. The van der Waals surface area contributed by atoms with Crippen molar-refractivity contribution < 1.29 is 36.6 Å². The van der Waals surface area contributed by atoms with Gasteiger partial charge in [0.25, 0.3) is 10.0 Å². The Morgan fingerprint density at radius 1 is 0.939 bits per heavy atom. The molecular formula is C36H37Br2FN2O7S. The smallest absolute Gasteiger partial charge is 0.410 e. The molecule has 0 aliphatic carbocycles. The minimum Gasteiger partial charge on any atom is -0.497 e. The van der Waals surface area contributed by atoms with E-state index in [4.69, 9.17) is 18.9 Å². The van der Waals surface area contributed by atoms with Crippen molar-refractivity contribution in [1.82, 2.24) is 4.90 Å². The maximum absolute atomic E-state index is 13.7. The predicted molar refractivity (Wildman–Crippen MR) is 192 cm³/mol. The fourth-order valence-electron chi connectivity index (χ4n) is 5.54. The van der Waals surface area contributed by atoms with Gasteiger partial charge in [-0.25, -0.2) is 17.6 Å². The lowest BCUT2D eigenvalue weighted by molar-refractivity contribution is 0.0141. The molecule has 13 heteroatoms. The summed E-state index contributed by atoms with van der Waals surface area (Å²) in [5, 5.41) is 0. The molecule has 1 atom stereocenters. The highest BCUT2D eigenvalue weighted by molar-refractivity contribution is 9.11. The number of fused-ring (bicyclic) bond motifs is 1. The number of methoxy groups -OCH3 is 2. The van der Waals surface area contributed by atoms with Gasteiger partial charge in [0, 0.05) is 6.54 Å².